The van der Waals surface area contributed by atoms with E-state index < -0.39 is 0 Å². The van der Waals surface area contributed by atoms with Crippen LogP contribution in [0.3, 0.4) is 0 Å². The summed E-state index contributed by atoms with van der Waals surface area (Å²) >= 11 is 0. The summed E-state index contributed by atoms with van der Waals surface area (Å²) in [5.74, 6) is 1.50. The van der Waals surface area contributed by atoms with Crippen LogP contribution in [0.15, 0.2) is 22.6 Å². The van der Waals surface area contributed by atoms with Gasteiger partial charge in [0.2, 0.25) is 0 Å². The van der Waals surface area contributed by atoms with Gasteiger partial charge in [-0.2, -0.15) is 0 Å². The summed E-state index contributed by atoms with van der Waals surface area (Å²) in [6.45, 7) is 4.19. The van der Waals surface area contributed by atoms with Crippen LogP contribution < -0.4 is 10.6 Å². The predicted molar refractivity (Wildman–Crippen MR) is 76.1 cm³/mol. The van der Waals surface area contributed by atoms with Gasteiger partial charge < -0.3 is 15.1 Å². The van der Waals surface area contributed by atoms with Crippen molar-refractivity contribution in [3.8, 4) is 0 Å². The maximum atomic E-state index is 5.53. The van der Waals surface area contributed by atoms with Crippen molar-refractivity contribution in [1.82, 2.24) is 15.6 Å². The molecular weight excluding hydrogens is 238 g/mol. The number of hydrogen-bond acceptors (Lipinski definition) is 4. The maximum Gasteiger partial charge on any atom is 0.192 e. The van der Waals surface area contributed by atoms with Gasteiger partial charge in [0, 0.05) is 13.0 Å². The Hall–Kier alpha value is -1.39. The molecule has 1 aromatic carbocycles. The Bertz CT molecular complexity index is 558. The lowest BCUT2D eigenvalue weighted by atomic mass is 9.94. The minimum Gasteiger partial charge on any atom is -0.441 e. The number of nitrogens with zero attached hydrogens (tertiary/aromatic N) is 1. The fraction of sp³-hybridized carbons (Fsp3) is 0.533. The summed E-state index contributed by atoms with van der Waals surface area (Å²) in [4.78, 5) is 4.42. The van der Waals surface area contributed by atoms with E-state index in [-0.39, 0.29) is 0 Å². The molecule has 4 heteroatoms. The average molecular weight is 259 g/mol. The number of fused-ring (bicyclic) bond motifs is 1. The summed E-state index contributed by atoms with van der Waals surface area (Å²) in [6, 6.07) is 6.72. The molecule has 2 N–H and O–H groups in total. The Labute approximate surface area is 113 Å². The monoisotopic (exact) mass is 259 g/mol. The lowest BCUT2D eigenvalue weighted by molar-refractivity contribution is 0.430. The van der Waals surface area contributed by atoms with E-state index in [2.05, 4.69) is 27.8 Å². The first kappa shape index (κ1) is 12.6. The van der Waals surface area contributed by atoms with Crippen LogP contribution in [0.25, 0.3) is 11.1 Å². The molecule has 2 aromatic rings. The van der Waals surface area contributed by atoms with Crippen molar-refractivity contribution >= 4 is 11.1 Å². The quantitative estimate of drug-likeness (QED) is 0.885. The Balaban J connectivity index is 1.83. The van der Waals surface area contributed by atoms with Crippen LogP contribution in [0.4, 0.5) is 0 Å². The molecule has 0 bridgehead atoms. The molecule has 2 heterocycles. The second-order valence-corrected chi connectivity index (χ2v) is 5.40. The Morgan fingerprint density at radius 2 is 2.42 bits per heavy atom. The topological polar surface area (TPSA) is 50.1 Å². The lowest BCUT2D eigenvalue weighted by Crippen LogP contribution is -2.21. The van der Waals surface area contributed by atoms with Gasteiger partial charge in [-0.25, -0.2) is 4.98 Å². The van der Waals surface area contributed by atoms with E-state index in [0.717, 1.165) is 36.0 Å². The van der Waals surface area contributed by atoms with Gasteiger partial charge in [-0.1, -0.05) is 6.07 Å². The summed E-state index contributed by atoms with van der Waals surface area (Å²) in [7, 11) is 2.03. The third-order valence-electron chi connectivity index (χ3n) is 4.00. The van der Waals surface area contributed by atoms with E-state index in [1.807, 2.05) is 20.0 Å². The van der Waals surface area contributed by atoms with E-state index in [1.165, 1.54) is 18.4 Å². The van der Waals surface area contributed by atoms with Crippen LogP contribution in [-0.2, 0) is 0 Å². The number of aryl methyl sites for hydroxylation is 1. The molecule has 1 aliphatic rings. The SMILES string of the molecule is CNC(CC1CCNC1)c1ccc2oc(C)nc2c1. The maximum absolute atomic E-state index is 5.53. The zero-order valence-corrected chi connectivity index (χ0v) is 11.6. The van der Waals surface area contributed by atoms with Crippen LogP contribution in [-0.4, -0.2) is 25.1 Å². The van der Waals surface area contributed by atoms with Crippen molar-refractivity contribution in [1.29, 1.82) is 0 Å². The highest BCUT2D eigenvalue weighted by molar-refractivity contribution is 5.73. The van der Waals surface area contributed by atoms with Gasteiger partial charge >= 0.3 is 0 Å². The molecule has 2 atom stereocenters. The largest absolute Gasteiger partial charge is 0.441 e. The number of hydrogen-bond donors (Lipinski definition) is 2. The summed E-state index contributed by atoms with van der Waals surface area (Å²) < 4.78 is 5.53. The van der Waals surface area contributed by atoms with Crippen LogP contribution in [0.2, 0.25) is 0 Å². The summed E-state index contributed by atoms with van der Waals surface area (Å²) in [6.07, 6.45) is 2.45. The molecule has 1 saturated heterocycles. The summed E-state index contributed by atoms with van der Waals surface area (Å²) in [5, 5.41) is 6.86. The van der Waals surface area contributed by atoms with Crippen molar-refractivity contribution in [3.63, 3.8) is 0 Å². The minimum atomic E-state index is 0.395. The first-order valence-electron chi connectivity index (χ1n) is 7.01. The Kier molecular flexibility index (Phi) is 3.53. The number of aromatic nitrogens is 1. The Morgan fingerprint density at radius 3 is 3.16 bits per heavy atom. The number of rotatable bonds is 4. The molecule has 102 valence electrons. The van der Waals surface area contributed by atoms with Gasteiger partial charge in [-0.3, -0.25) is 0 Å². The molecule has 0 aliphatic carbocycles. The van der Waals surface area contributed by atoms with E-state index in [9.17, 15) is 0 Å². The molecule has 0 saturated carbocycles. The smallest absolute Gasteiger partial charge is 0.192 e. The molecule has 1 aromatic heterocycles. The van der Waals surface area contributed by atoms with Crippen molar-refractivity contribution in [2.45, 2.75) is 25.8 Å². The third-order valence-corrected chi connectivity index (χ3v) is 4.00. The molecule has 0 radical (unpaired) electrons. The van der Waals surface area contributed by atoms with Gasteiger partial charge in [0.05, 0.1) is 0 Å². The first-order chi connectivity index (χ1) is 9.26. The standard InChI is InChI=1S/C15H21N3O/c1-10-18-14-8-12(3-4-15(14)19-10)13(16-2)7-11-5-6-17-9-11/h3-4,8,11,13,16-17H,5-7,9H2,1-2H3. The van der Waals surface area contributed by atoms with Crippen molar-refractivity contribution in [2.24, 2.45) is 5.92 Å². The lowest BCUT2D eigenvalue weighted by Gasteiger charge is -2.20. The van der Waals surface area contributed by atoms with Crippen molar-refractivity contribution < 1.29 is 4.42 Å². The van der Waals surface area contributed by atoms with E-state index in [4.69, 9.17) is 4.42 Å². The number of oxazole rings is 1. The second-order valence-electron chi connectivity index (χ2n) is 5.40. The van der Waals surface area contributed by atoms with Gasteiger partial charge in [-0.05, 0) is 56.6 Å². The highest BCUT2D eigenvalue weighted by Gasteiger charge is 2.20. The number of nitrogens with one attached hydrogen (secondary N) is 2. The summed E-state index contributed by atoms with van der Waals surface area (Å²) in [5.41, 5.74) is 3.13. The van der Waals surface area contributed by atoms with Gasteiger partial charge in [0.25, 0.3) is 0 Å². The zero-order valence-electron chi connectivity index (χ0n) is 11.6. The highest BCUT2D eigenvalue weighted by atomic mass is 16.3. The second kappa shape index (κ2) is 5.31. The molecule has 19 heavy (non-hydrogen) atoms. The first-order valence-corrected chi connectivity index (χ1v) is 7.01. The van der Waals surface area contributed by atoms with Crippen molar-refractivity contribution in [3.05, 3.63) is 29.7 Å². The molecule has 1 aliphatic heterocycles. The van der Waals surface area contributed by atoms with E-state index in [1.54, 1.807) is 0 Å². The van der Waals surface area contributed by atoms with E-state index >= 15 is 0 Å². The van der Waals surface area contributed by atoms with Crippen LogP contribution in [0, 0.1) is 12.8 Å². The molecule has 1 fully saturated rings. The van der Waals surface area contributed by atoms with Crippen LogP contribution in [0.5, 0.6) is 0 Å². The van der Waals surface area contributed by atoms with E-state index in [0.29, 0.717) is 6.04 Å². The molecular formula is C15H21N3O. The normalized spacial score (nSPS) is 21.1. The minimum absolute atomic E-state index is 0.395. The average Bonchev–Trinajstić information content (AvgIpc) is 3.02. The van der Waals surface area contributed by atoms with Crippen LogP contribution in [0.1, 0.15) is 30.3 Å². The Morgan fingerprint density at radius 1 is 1.53 bits per heavy atom. The third kappa shape index (κ3) is 2.65. The fourth-order valence-electron chi connectivity index (χ4n) is 2.95. The molecule has 0 amide bonds. The van der Waals surface area contributed by atoms with Gasteiger partial charge in [0.1, 0.15) is 5.52 Å². The molecule has 4 nitrogen and oxygen atoms in total. The highest BCUT2D eigenvalue weighted by Crippen LogP contribution is 2.27. The van der Waals surface area contributed by atoms with Crippen LogP contribution >= 0.6 is 0 Å². The van der Waals surface area contributed by atoms with Gasteiger partial charge in [0.15, 0.2) is 11.5 Å². The molecule has 2 unspecified atom stereocenters. The number of benzene rings is 1. The predicted octanol–water partition coefficient (Wildman–Crippen LogP) is 2.40. The molecule has 0 spiro atoms. The van der Waals surface area contributed by atoms with Gasteiger partial charge in [-0.15, -0.1) is 0 Å². The fourth-order valence-corrected chi connectivity index (χ4v) is 2.95. The van der Waals surface area contributed by atoms with Crippen molar-refractivity contribution in [2.75, 3.05) is 20.1 Å². The zero-order chi connectivity index (χ0) is 13.2. The molecule has 3 rings (SSSR count).